The first-order chi connectivity index (χ1) is 7.22. The Morgan fingerprint density at radius 1 is 1.47 bits per heavy atom. The van der Waals surface area contributed by atoms with E-state index >= 15 is 0 Å². The summed E-state index contributed by atoms with van der Waals surface area (Å²) in [6.45, 7) is 5.92. The second-order valence-electron chi connectivity index (χ2n) is 3.56. The maximum absolute atomic E-state index is 11.3. The minimum absolute atomic E-state index is 0.174. The maximum atomic E-state index is 11.3. The van der Waals surface area contributed by atoms with Gasteiger partial charge in [0, 0.05) is 0 Å². The molecule has 0 fully saturated rings. The van der Waals surface area contributed by atoms with Gasteiger partial charge in [-0.3, -0.25) is 4.79 Å². The van der Waals surface area contributed by atoms with Crippen LogP contribution in [0.4, 0.5) is 0 Å². The van der Waals surface area contributed by atoms with Crippen LogP contribution in [0.1, 0.15) is 18.9 Å². The number of rotatable bonds is 5. The Bertz CT molecular complexity index is 317. The lowest BCUT2D eigenvalue weighted by molar-refractivity contribution is -0.145. The average molecular weight is 204 g/mol. The van der Waals surface area contributed by atoms with Crippen molar-refractivity contribution in [2.75, 3.05) is 0 Å². The Balaban J connectivity index is 2.31. The molecule has 80 valence electrons. The van der Waals surface area contributed by atoms with Gasteiger partial charge in [0.2, 0.25) is 0 Å². The molecule has 15 heavy (non-hydrogen) atoms. The second-order valence-corrected chi connectivity index (χ2v) is 3.56. The first-order valence-electron chi connectivity index (χ1n) is 5.04. The molecule has 0 aliphatic carbocycles. The number of hydrogen-bond acceptors (Lipinski definition) is 2. The molecule has 2 nitrogen and oxygen atoms in total. The minimum Gasteiger partial charge on any atom is -0.461 e. The molecule has 0 N–H and O–H groups in total. The SMILES string of the molecule is C=C[C@@H](C)CC(=O)OCc1ccccc1. The molecular weight excluding hydrogens is 188 g/mol. The van der Waals surface area contributed by atoms with Crippen molar-refractivity contribution in [3.05, 3.63) is 48.6 Å². The Labute approximate surface area is 90.6 Å². The van der Waals surface area contributed by atoms with Crippen molar-refractivity contribution >= 4 is 5.97 Å². The highest BCUT2D eigenvalue weighted by Gasteiger charge is 2.06. The van der Waals surface area contributed by atoms with E-state index in [9.17, 15) is 4.79 Å². The van der Waals surface area contributed by atoms with Crippen LogP contribution >= 0.6 is 0 Å². The third-order valence-electron chi connectivity index (χ3n) is 2.13. The first kappa shape index (κ1) is 11.5. The van der Waals surface area contributed by atoms with Crippen molar-refractivity contribution in [1.82, 2.24) is 0 Å². The van der Waals surface area contributed by atoms with Crippen molar-refractivity contribution in [3.63, 3.8) is 0 Å². The molecule has 2 heteroatoms. The molecule has 0 bridgehead atoms. The molecule has 1 aromatic carbocycles. The van der Waals surface area contributed by atoms with E-state index in [1.807, 2.05) is 37.3 Å². The third-order valence-corrected chi connectivity index (χ3v) is 2.13. The molecule has 0 saturated carbocycles. The van der Waals surface area contributed by atoms with Gasteiger partial charge in [-0.25, -0.2) is 0 Å². The van der Waals surface area contributed by atoms with E-state index in [4.69, 9.17) is 4.74 Å². The first-order valence-corrected chi connectivity index (χ1v) is 5.04. The van der Waals surface area contributed by atoms with Gasteiger partial charge in [0.1, 0.15) is 6.61 Å². The molecule has 0 aromatic heterocycles. The molecule has 0 heterocycles. The Morgan fingerprint density at radius 3 is 2.73 bits per heavy atom. The predicted octanol–water partition coefficient (Wildman–Crippen LogP) is 2.94. The van der Waals surface area contributed by atoms with Crippen LogP contribution in [0.25, 0.3) is 0 Å². The molecular formula is C13H16O2. The summed E-state index contributed by atoms with van der Waals surface area (Å²) in [7, 11) is 0. The van der Waals surface area contributed by atoms with Gasteiger partial charge in [0.25, 0.3) is 0 Å². The number of allylic oxidation sites excluding steroid dienone is 1. The van der Waals surface area contributed by atoms with Crippen LogP contribution in [-0.2, 0) is 16.1 Å². The van der Waals surface area contributed by atoms with Crippen molar-refractivity contribution in [2.24, 2.45) is 5.92 Å². The molecule has 0 amide bonds. The summed E-state index contributed by atoms with van der Waals surface area (Å²) >= 11 is 0. The van der Waals surface area contributed by atoms with Gasteiger partial charge in [0.15, 0.2) is 0 Å². The van der Waals surface area contributed by atoms with Crippen LogP contribution in [0.15, 0.2) is 43.0 Å². The summed E-state index contributed by atoms with van der Waals surface area (Å²) in [6.07, 6.45) is 2.15. The Morgan fingerprint density at radius 2 is 2.13 bits per heavy atom. The summed E-state index contributed by atoms with van der Waals surface area (Å²) in [5.41, 5.74) is 1.01. The standard InChI is InChI=1S/C13H16O2/c1-3-11(2)9-13(14)15-10-12-7-5-4-6-8-12/h3-8,11H,1,9-10H2,2H3/t11-/m1/s1. The number of hydrogen-bond donors (Lipinski definition) is 0. The highest BCUT2D eigenvalue weighted by atomic mass is 16.5. The molecule has 0 radical (unpaired) electrons. The molecule has 0 aliphatic heterocycles. The Kier molecular flexibility index (Phi) is 4.61. The maximum Gasteiger partial charge on any atom is 0.306 e. The molecule has 1 aromatic rings. The number of benzene rings is 1. The zero-order chi connectivity index (χ0) is 11.1. The van der Waals surface area contributed by atoms with Crippen molar-refractivity contribution in [3.8, 4) is 0 Å². The molecule has 0 saturated heterocycles. The van der Waals surface area contributed by atoms with Gasteiger partial charge < -0.3 is 4.74 Å². The van der Waals surface area contributed by atoms with E-state index in [0.717, 1.165) is 5.56 Å². The lowest BCUT2D eigenvalue weighted by Crippen LogP contribution is -2.08. The van der Waals surface area contributed by atoms with Gasteiger partial charge in [-0.1, -0.05) is 43.3 Å². The fraction of sp³-hybridized carbons (Fsp3) is 0.308. The topological polar surface area (TPSA) is 26.3 Å². The van der Waals surface area contributed by atoms with Crippen LogP contribution in [0, 0.1) is 5.92 Å². The number of carbonyl (C=O) groups is 1. The fourth-order valence-electron chi connectivity index (χ4n) is 1.14. The highest BCUT2D eigenvalue weighted by Crippen LogP contribution is 2.06. The number of esters is 1. The summed E-state index contributed by atoms with van der Waals surface area (Å²) in [6, 6.07) is 9.66. The van der Waals surface area contributed by atoms with Crippen LogP contribution in [0.5, 0.6) is 0 Å². The smallest absolute Gasteiger partial charge is 0.306 e. The zero-order valence-electron chi connectivity index (χ0n) is 8.98. The molecule has 0 spiro atoms. The lowest BCUT2D eigenvalue weighted by Gasteiger charge is -2.06. The van der Waals surface area contributed by atoms with Crippen LogP contribution in [-0.4, -0.2) is 5.97 Å². The normalized spacial score (nSPS) is 11.8. The van der Waals surface area contributed by atoms with Gasteiger partial charge >= 0.3 is 5.97 Å². The van der Waals surface area contributed by atoms with E-state index in [-0.39, 0.29) is 11.9 Å². The Hall–Kier alpha value is -1.57. The molecule has 1 atom stereocenters. The van der Waals surface area contributed by atoms with Crippen molar-refractivity contribution in [1.29, 1.82) is 0 Å². The highest BCUT2D eigenvalue weighted by molar-refractivity contribution is 5.69. The van der Waals surface area contributed by atoms with Gasteiger partial charge in [0.05, 0.1) is 6.42 Å². The largest absolute Gasteiger partial charge is 0.461 e. The second kappa shape index (κ2) is 6.02. The summed E-state index contributed by atoms with van der Waals surface area (Å²) < 4.78 is 5.11. The zero-order valence-corrected chi connectivity index (χ0v) is 8.98. The number of ether oxygens (including phenoxy) is 1. The van der Waals surface area contributed by atoms with Crippen molar-refractivity contribution in [2.45, 2.75) is 20.0 Å². The summed E-state index contributed by atoms with van der Waals surface area (Å²) in [4.78, 5) is 11.3. The molecule has 1 rings (SSSR count). The average Bonchev–Trinajstić information content (AvgIpc) is 2.27. The van der Waals surface area contributed by atoms with Crippen LogP contribution < -0.4 is 0 Å². The predicted molar refractivity (Wildman–Crippen MR) is 60.2 cm³/mol. The third kappa shape index (κ3) is 4.45. The van der Waals surface area contributed by atoms with E-state index < -0.39 is 0 Å². The quantitative estimate of drug-likeness (QED) is 0.544. The van der Waals surface area contributed by atoms with Crippen molar-refractivity contribution < 1.29 is 9.53 Å². The molecule has 0 unspecified atom stereocenters. The van der Waals surface area contributed by atoms with E-state index in [1.54, 1.807) is 6.08 Å². The van der Waals surface area contributed by atoms with E-state index in [1.165, 1.54) is 0 Å². The lowest BCUT2D eigenvalue weighted by atomic mass is 10.1. The number of carbonyl (C=O) groups excluding carboxylic acids is 1. The van der Waals surface area contributed by atoms with Crippen LogP contribution in [0.3, 0.4) is 0 Å². The molecule has 0 aliphatic rings. The van der Waals surface area contributed by atoms with E-state index in [2.05, 4.69) is 6.58 Å². The van der Waals surface area contributed by atoms with Gasteiger partial charge in [-0.15, -0.1) is 6.58 Å². The van der Waals surface area contributed by atoms with Gasteiger partial charge in [-0.2, -0.15) is 0 Å². The summed E-state index contributed by atoms with van der Waals surface area (Å²) in [5, 5.41) is 0. The van der Waals surface area contributed by atoms with Crippen LogP contribution in [0.2, 0.25) is 0 Å². The summed E-state index contributed by atoms with van der Waals surface area (Å²) in [5.74, 6) is -0.000439. The fourth-order valence-corrected chi connectivity index (χ4v) is 1.14. The van der Waals surface area contributed by atoms with E-state index in [0.29, 0.717) is 13.0 Å². The minimum atomic E-state index is -0.175. The monoisotopic (exact) mass is 204 g/mol. The van der Waals surface area contributed by atoms with Gasteiger partial charge in [-0.05, 0) is 11.5 Å².